The van der Waals surface area contributed by atoms with Crippen LogP contribution in [0.5, 0.6) is 0 Å². The van der Waals surface area contributed by atoms with Gasteiger partial charge in [-0.15, -0.1) is 0 Å². The summed E-state index contributed by atoms with van der Waals surface area (Å²) < 4.78 is 9.86. The summed E-state index contributed by atoms with van der Waals surface area (Å²) in [7, 11) is 0. The van der Waals surface area contributed by atoms with Crippen LogP contribution in [0.1, 0.15) is 0 Å². The standard InChI is InChI=1S/C5H9NO3/c6-5(7)4-3-8-1-2-9-4/h4H,1-3H2,(H2,6,7)/t4-/m0/s1. The van der Waals surface area contributed by atoms with E-state index in [0.717, 1.165) is 0 Å². The summed E-state index contributed by atoms with van der Waals surface area (Å²) in [6, 6.07) is 0. The highest BCUT2D eigenvalue weighted by Gasteiger charge is 2.18. The Morgan fingerprint density at radius 3 is 2.67 bits per heavy atom. The Labute approximate surface area is 52.9 Å². The maximum absolute atomic E-state index is 10.4. The summed E-state index contributed by atoms with van der Waals surface area (Å²) in [4.78, 5) is 10.4. The molecule has 1 saturated heterocycles. The fourth-order valence-electron chi connectivity index (χ4n) is 0.652. The van der Waals surface area contributed by atoms with Crippen molar-refractivity contribution in [1.29, 1.82) is 0 Å². The van der Waals surface area contributed by atoms with Gasteiger partial charge in [0.25, 0.3) is 0 Å². The monoisotopic (exact) mass is 131 g/mol. The van der Waals surface area contributed by atoms with E-state index in [1.165, 1.54) is 0 Å². The van der Waals surface area contributed by atoms with E-state index in [4.69, 9.17) is 15.2 Å². The van der Waals surface area contributed by atoms with Gasteiger partial charge in [-0.1, -0.05) is 0 Å². The largest absolute Gasteiger partial charge is 0.376 e. The predicted octanol–water partition coefficient (Wildman–Crippen LogP) is -1.11. The first-order valence-corrected chi connectivity index (χ1v) is 2.79. The highest BCUT2D eigenvalue weighted by atomic mass is 16.6. The Hall–Kier alpha value is -0.610. The first-order chi connectivity index (χ1) is 4.30. The molecule has 4 nitrogen and oxygen atoms in total. The van der Waals surface area contributed by atoms with Crippen LogP contribution in [0.3, 0.4) is 0 Å². The van der Waals surface area contributed by atoms with Gasteiger partial charge in [-0.25, -0.2) is 0 Å². The van der Waals surface area contributed by atoms with Gasteiger partial charge in [-0.3, -0.25) is 4.79 Å². The second kappa shape index (κ2) is 2.80. The summed E-state index contributed by atoms with van der Waals surface area (Å²) in [6.45, 7) is 1.33. The van der Waals surface area contributed by atoms with Gasteiger partial charge >= 0.3 is 0 Å². The molecular formula is C5H9NO3. The Morgan fingerprint density at radius 2 is 2.33 bits per heavy atom. The molecule has 2 N–H and O–H groups in total. The SMILES string of the molecule is NC(=O)[C@@H]1COCCO1. The molecule has 0 spiro atoms. The van der Waals surface area contributed by atoms with Crippen molar-refractivity contribution in [3.8, 4) is 0 Å². The number of hydrogen-bond donors (Lipinski definition) is 1. The van der Waals surface area contributed by atoms with Gasteiger partial charge in [-0.05, 0) is 0 Å². The molecule has 1 amide bonds. The molecule has 1 aliphatic heterocycles. The summed E-state index contributed by atoms with van der Waals surface area (Å²) in [5, 5.41) is 0. The molecule has 0 radical (unpaired) electrons. The zero-order chi connectivity index (χ0) is 6.69. The van der Waals surface area contributed by atoms with Crippen molar-refractivity contribution in [1.82, 2.24) is 0 Å². The third kappa shape index (κ3) is 1.65. The highest BCUT2D eigenvalue weighted by Crippen LogP contribution is 1.98. The van der Waals surface area contributed by atoms with Crippen molar-refractivity contribution in [3.05, 3.63) is 0 Å². The number of primary amides is 1. The lowest BCUT2D eigenvalue weighted by atomic mass is 10.3. The maximum atomic E-state index is 10.4. The molecular weight excluding hydrogens is 122 g/mol. The zero-order valence-electron chi connectivity index (χ0n) is 5.00. The van der Waals surface area contributed by atoms with Crippen molar-refractivity contribution in [2.75, 3.05) is 19.8 Å². The van der Waals surface area contributed by atoms with Crippen LogP contribution in [0.25, 0.3) is 0 Å². The zero-order valence-corrected chi connectivity index (χ0v) is 5.00. The number of amides is 1. The van der Waals surface area contributed by atoms with Crippen molar-refractivity contribution in [2.24, 2.45) is 5.73 Å². The quantitative estimate of drug-likeness (QED) is 0.490. The minimum absolute atomic E-state index is 0.301. The number of nitrogens with two attached hydrogens (primary N) is 1. The minimum atomic E-state index is -0.529. The third-order valence-corrected chi connectivity index (χ3v) is 1.13. The van der Waals surface area contributed by atoms with Gasteiger partial charge in [0.2, 0.25) is 5.91 Å². The van der Waals surface area contributed by atoms with Crippen molar-refractivity contribution >= 4 is 5.91 Å². The van der Waals surface area contributed by atoms with Crippen LogP contribution in [0.2, 0.25) is 0 Å². The molecule has 0 bridgehead atoms. The van der Waals surface area contributed by atoms with Gasteiger partial charge in [0.1, 0.15) is 0 Å². The van der Waals surface area contributed by atoms with Crippen LogP contribution in [0, 0.1) is 0 Å². The summed E-state index contributed by atoms with van der Waals surface area (Å²) in [5.41, 5.74) is 4.92. The number of hydrogen-bond acceptors (Lipinski definition) is 3. The molecule has 0 aromatic carbocycles. The molecule has 9 heavy (non-hydrogen) atoms. The van der Waals surface area contributed by atoms with Crippen molar-refractivity contribution < 1.29 is 14.3 Å². The average molecular weight is 131 g/mol. The molecule has 1 rings (SSSR count). The number of ether oxygens (including phenoxy) is 2. The first-order valence-electron chi connectivity index (χ1n) is 2.79. The smallest absolute Gasteiger partial charge is 0.248 e. The van der Waals surface area contributed by atoms with Gasteiger partial charge < -0.3 is 15.2 Å². The second-order valence-electron chi connectivity index (χ2n) is 1.84. The molecule has 0 unspecified atom stereocenters. The Kier molecular flexibility index (Phi) is 2.02. The summed E-state index contributed by atoms with van der Waals surface area (Å²) in [6.07, 6.45) is -0.529. The fraction of sp³-hybridized carbons (Fsp3) is 0.800. The number of carbonyl (C=O) groups excluding carboxylic acids is 1. The van der Waals surface area contributed by atoms with Gasteiger partial charge in [0.15, 0.2) is 6.10 Å². The van der Waals surface area contributed by atoms with Gasteiger partial charge in [0.05, 0.1) is 19.8 Å². The fourth-order valence-corrected chi connectivity index (χ4v) is 0.652. The van der Waals surface area contributed by atoms with Crippen LogP contribution in [0.15, 0.2) is 0 Å². The van der Waals surface area contributed by atoms with Crippen LogP contribution in [-0.2, 0) is 14.3 Å². The lowest BCUT2D eigenvalue weighted by Crippen LogP contribution is -2.39. The van der Waals surface area contributed by atoms with E-state index in [9.17, 15) is 4.79 Å². The minimum Gasteiger partial charge on any atom is -0.376 e. The molecule has 0 saturated carbocycles. The van der Waals surface area contributed by atoms with E-state index in [2.05, 4.69) is 0 Å². The molecule has 4 heteroatoms. The highest BCUT2D eigenvalue weighted by molar-refractivity contribution is 5.79. The Morgan fingerprint density at radius 1 is 1.56 bits per heavy atom. The van der Waals surface area contributed by atoms with Gasteiger partial charge in [0, 0.05) is 0 Å². The summed E-state index contributed by atoms with van der Waals surface area (Å²) in [5.74, 6) is -0.449. The second-order valence-corrected chi connectivity index (χ2v) is 1.84. The van der Waals surface area contributed by atoms with Gasteiger partial charge in [-0.2, -0.15) is 0 Å². The summed E-state index contributed by atoms with van der Waals surface area (Å²) >= 11 is 0. The topological polar surface area (TPSA) is 61.6 Å². The lowest BCUT2D eigenvalue weighted by Gasteiger charge is -2.19. The van der Waals surface area contributed by atoms with Crippen LogP contribution < -0.4 is 5.73 Å². The van der Waals surface area contributed by atoms with E-state index in [-0.39, 0.29) is 0 Å². The van der Waals surface area contributed by atoms with Crippen LogP contribution >= 0.6 is 0 Å². The molecule has 0 aliphatic carbocycles. The van der Waals surface area contributed by atoms with E-state index >= 15 is 0 Å². The number of rotatable bonds is 1. The molecule has 1 atom stereocenters. The normalized spacial score (nSPS) is 27.8. The molecule has 1 fully saturated rings. The van der Waals surface area contributed by atoms with E-state index < -0.39 is 12.0 Å². The Bertz CT molecular complexity index is 109. The van der Waals surface area contributed by atoms with Crippen LogP contribution in [-0.4, -0.2) is 31.8 Å². The maximum Gasteiger partial charge on any atom is 0.248 e. The van der Waals surface area contributed by atoms with E-state index in [0.29, 0.717) is 19.8 Å². The average Bonchev–Trinajstić information content (AvgIpc) is 1.90. The van der Waals surface area contributed by atoms with Crippen LogP contribution in [0.4, 0.5) is 0 Å². The lowest BCUT2D eigenvalue weighted by molar-refractivity contribution is -0.144. The molecule has 52 valence electrons. The Balaban J connectivity index is 2.31. The molecule has 1 heterocycles. The van der Waals surface area contributed by atoms with Crippen molar-refractivity contribution in [3.63, 3.8) is 0 Å². The van der Waals surface area contributed by atoms with E-state index in [1.54, 1.807) is 0 Å². The molecule has 0 aromatic heterocycles. The number of carbonyl (C=O) groups is 1. The van der Waals surface area contributed by atoms with Crippen molar-refractivity contribution in [2.45, 2.75) is 6.10 Å². The first kappa shape index (κ1) is 6.51. The molecule has 1 aliphatic rings. The molecule has 0 aromatic rings. The van der Waals surface area contributed by atoms with E-state index in [1.807, 2.05) is 0 Å². The predicted molar refractivity (Wildman–Crippen MR) is 29.8 cm³/mol. The third-order valence-electron chi connectivity index (χ3n) is 1.13.